The average molecular weight is 296 g/mol. The molecular weight excluding hydrogens is 285 g/mol. The molecule has 0 aliphatic carbocycles. The fourth-order valence-corrected chi connectivity index (χ4v) is 1.77. The maximum Gasteiger partial charge on any atom is 0.175 e. The lowest BCUT2D eigenvalue weighted by atomic mass is 10.2. The van der Waals surface area contributed by atoms with Gasteiger partial charge in [-0.2, -0.15) is 0 Å². The van der Waals surface area contributed by atoms with Crippen LogP contribution in [0.3, 0.4) is 0 Å². The Morgan fingerprint density at radius 2 is 1.70 bits per heavy atom. The molecule has 2 rings (SSSR count). The van der Waals surface area contributed by atoms with Crippen molar-refractivity contribution in [1.82, 2.24) is 0 Å². The van der Waals surface area contributed by atoms with Crippen molar-refractivity contribution < 1.29 is 13.2 Å². The first-order valence-corrected chi connectivity index (χ1v) is 6.16. The minimum Gasteiger partial charge on any atom is -0.332 e. The van der Waals surface area contributed by atoms with Crippen LogP contribution in [0.15, 0.2) is 36.4 Å². The second-order valence-electron chi connectivity index (χ2n) is 4.17. The Morgan fingerprint density at radius 3 is 2.35 bits per heavy atom. The zero-order valence-corrected chi connectivity index (χ0v) is 11.3. The Bertz CT molecular complexity index is 659. The first-order valence-electron chi connectivity index (χ1n) is 5.75. The molecule has 2 N–H and O–H groups in total. The molecule has 0 saturated carbocycles. The minimum absolute atomic E-state index is 0.0384. The highest BCUT2D eigenvalue weighted by Gasteiger charge is 2.06. The molecular formula is C14H11F3N2S. The maximum atomic E-state index is 13.4. The third kappa shape index (κ3) is 3.48. The minimum atomic E-state index is -0.760. The molecule has 0 spiro atoms. The Balaban J connectivity index is 2.07. The largest absolute Gasteiger partial charge is 0.332 e. The molecule has 0 radical (unpaired) electrons. The van der Waals surface area contributed by atoms with Gasteiger partial charge >= 0.3 is 0 Å². The van der Waals surface area contributed by atoms with Crippen molar-refractivity contribution >= 4 is 28.7 Å². The van der Waals surface area contributed by atoms with Crippen LogP contribution in [0, 0.1) is 24.4 Å². The fraction of sp³-hybridized carbons (Fsp3) is 0.0714. The number of thiocarbonyl (C=S) groups is 1. The molecule has 0 saturated heterocycles. The van der Waals surface area contributed by atoms with Gasteiger partial charge < -0.3 is 10.6 Å². The summed E-state index contributed by atoms with van der Waals surface area (Å²) in [5, 5.41) is 5.38. The van der Waals surface area contributed by atoms with E-state index in [1.54, 1.807) is 19.1 Å². The average Bonchev–Trinajstić information content (AvgIpc) is 2.37. The van der Waals surface area contributed by atoms with Gasteiger partial charge in [0.05, 0.1) is 5.69 Å². The Hall–Kier alpha value is -2.08. The van der Waals surface area contributed by atoms with Crippen LogP contribution in [-0.4, -0.2) is 5.11 Å². The van der Waals surface area contributed by atoms with Gasteiger partial charge in [0, 0.05) is 11.8 Å². The van der Waals surface area contributed by atoms with E-state index in [9.17, 15) is 13.2 Å². The summed E-state index contributed by atoms with van der Waals surface area (Å²) in [7, 11) is 0. The van der Waals surface area contributed by atoms with Crippen LogP contribution in [0.1, 0.15) is 5.56 Å². The van der Waals surface area contributed by atoms with Gasteiger partial charge in [-0.15, -0.1) is 0 Å². The first kappa shape index (κ1) is 14.3. The van der Waals surface area contributed by atoms with E-state index < -0.39 is 11.6 Å². The molecule has 0 aromatic heterocycles. The molecule has 0 unspecified atom stereocenters. The van der Waals surface area contributed by atoms with E-state index in [-0.39, 0.29) is 16.6 Å². The number of halogens is 3. The SMILES string of the molecule is Cc1ccc(NC(=S)Nc2ccc(F)cc2F)cc1F. The summed E-state index contributed by atoms with van der Waals surface area (Å²) >= 11 is 4.98. The monoisotopic (exact) mass is 296 g/mol. The summed E-state index contributed by atoms with van der Waals surface area (Å²) in [6, 6.07) is 7.61. The summed E-state index contributed by atoms with van der Waals surface area (Å²) < 4.78 is 39.5. The number of rotatable bonds is 2. The molecule has 2 nitrogen and oxygen atoms in total. The van der Waals surface area contributed by atoms with Crippen molar-refractivity contribution in [3.63, 3.8) is 0 Å². The molecule has 0 atom stereocenters. The standard InChI is InChI=1S/C14H11F3N2S/c1-8-2-4-10(7-11(8)16)18-14(20)19-13-5-3-9(15)6-12(13)17/h2-7H,1H3,(H2,18,19,20). The summed E-state index contributed by atoms with van der Waals surface area (Å²) in [6.07, 6.45) is 0. The van der Waals surface area contributed by atoms with Crippen molar-refractivity contribution in [1.29, 1.82) is 0 Å². The quantitative estimate of drug-likeness (QED) is 0.811. The van der Waals surface area contributed by atoms with Gasteiger partial charge in [-0.25, -0.2) is 13.2 Å². The van der Waals surface area contributed by atoms with E-state index in [2.05, 4.69) is 10.6 Å². The number of aryl methyl sites for hydroxylation is 1. The zero-order chi connectivity index (χ0) is 14.7. The fourth-order valence-electron chi connectivity index (χ4n) is 1.55. The van der Waals surface area contributed by atoms with E-state index in [0.29, 0.717) is 11.3 Å². The predicted molar refractivity (Wildman–Crippen MR) is 77.3 cm³/mol. The third-order valence-corrected chi connectivity index (χ3v) is 2.81. The van der Waals surface area contributed by atoms with Crippen molar-refractivity contribution in [3.05, 3.63) is 59.4 Å². The van der Waals surface area contributed by atoms with Crippen LogP contribution in [0.25, 0.3) is 0 Å². The molecule has 6 heteroatoms. The van der Waals surface area contributed by atoms with Crippen LogP contribution < -0.4 is 10.6 Å². The van der Waals surface area contributed by atoms with Crippen LogP contribution in [0.4, 0.5) is 24.5 Å². The van der Waals surface area contributed by atoms with Gasteiger partial charge in [0.15, 0.2) is 5.11 Å². The normalized spacial score (nSPS) is 10.2. The number of nitrogens with one attached hydrogen (secondary N) is 2. The predicted octanol–water partition coefficient (Wildman–Crippen LogP) is 4.22. The van der Waals surface area contributed by atoms with Gasteiger partial charge in [-0.05, 0) is 49.0 Å². The maximum absolute atomic E-state index is 13.4. The van der Waals surface area contributed by atoms with E-state index in [1.807, 2.05) is 0 Å². The van der Waals surface area contributed by atoms with Crippen LogP contribution >= 0.6 is 12.2 Å². The van der Waals surface area contributed by atoms with Gasteiger partial charge in [0.1, 0.15) is 17.5 Å². The zero-order valence-electron chi connectivity index (χ0n) is 10.5. The summed E-state index contributed by atoms with van der Waals surface area (Å²) in [6.45, 7) is 1.64. The van der Waals surface area contributed by atoms with Crippen LogP contribution in [0.5, 0.6) is 0 Å². The lowest BCUT2D eigenvalue weighted by Gasteiger charge is -2.11. The number of anilines is 2. The van der Waals surface area contributed by atoms with Crippen molar-refractivity contribution in [2.24, 2.45) is 0 Å². The van der Waals surface area contributed by atoms with E-state index in [1.165, 1.54) is 12.1 Å². The second-order valence-corrected chi connectivity index (χ2v) is 4.58. The lowest BCUT2D eigenvalue weighted by molar-refractivity contribution is 0.586. The van der Waals surface area contributed by atoms with Crippen molar-refractivity contribution in [2.45, 2.75) is 6.92 Å². The van der Waals surface area contributed by atoms with Gasteiger partial charge in [-0.1, -0.05) is 6.07 Å². The van der Waals surface area contributed by atoms with Gasteiger partial charge in [-0.3, -0.25) is 0 Å². The Morgan fingerprint density at radius 1 is 0.950 bits per heavy atom. The molecule has 0 fully saturated rings. The number of hydrogen-bond acceptors (Lipinski definition) is 1. The smallest absolute Gasteiger partial charge is 0.175 e. The third-order valence-electron chi connectivity index (χ3n) is 2.61. The Labute approximate surface area is 119 Å². The second kappa shape index (κ2) is 5.92. The summed E-state index contributed by atoms with van der Waals surface area (Å²) in [5.74, 6) is -1.80. The number of benzene rings is 2. The molecule has 2 aromatic carbocycles. The molecule has 104 valence electrons. The first-order chi connectivity index (χ1) is 9.45. The Kier molecular flexibility index (Phi) is 4.24. The molecule has 0 heterocycles. The lowest BCUT2D eigenvalue weighted by Crippen LogP contribution is -2.20. The van der Waals surface area contributed by atoms with E-state index in [4.69, 9.17) is 12.2 Å². The molecule has 2 aromatic rings. The highest BCUT2D eigenvalue weighted by Crippen LogP contribution is 2.17. The van der Waals surface area contributed by atoms with Crippen LogP contribution in [-0.2, 0) is 0 Å². The van der Waals surface area contributed by atoms with Crippen molar-refractivity contribution in [3.8, 4) is 0 Å². The van der Waals surface area contributed by atoms with E-state index >= 15 is 0 Å². The molecule has 20 heavy (non-hydrogen) atoms. The highest BCUT2D eigenvalue weighted by atomic mass is 32.1. The summed E-state index contributed by atoms with van der Waals surface area (Å²) in [5.41, 5.74) is 0.989. The summed E-state index contributed by atoms with van der Waals surface area (Å²) in [4.78, 5) is 0. The van der Waals surface area contributed by atoms with Crippen LogP contribution in [0.2, 0.25) is 0 Å². The molecule has 0 bridgehead atoms. The molecule has 0 aliphatic rings. The van der Waals surface area contributed by atoms with Gasteiger partial charge in [0.25, 0.3) is 0 Å². The number of hydrogen-bond donors (Lipinski definition) is 2. The van der Waals surface area contributed by atoms with Crippen molar-refractivity contribution in [2.75, 3.05) is 10.6 Å². The highest BCUT2D eigenvalue weighted by molar-refractivity contribution is 7.80. The van der Waals surface area contributed by atoms with Gasteiger partial charge in [0.2, 0.25) is 0 Å². The molecule has 0 aliphatic heterocycles. The topological polar surface area (TPSA) is 24.1 Å². The molecule has 0 amide bonds. The van der Waals surface area contributed by atoms with E-state index in [0.717, 1.165) is 12.1 Å².